The lowest BCUT2D eigenvalue weighted by Crippen LogP contribution is -2.47. The first-order chi connectivity index (χ1) is 15.1. The molecular weight excluding hydrogens is 543 g/mol. The summed E-state index contributed by atoms with van der Waals surface area (Å²) in [6, 6.07) is 8.29. The van der Waals surface area contributed by atoms with E-state index in [1.807, 2.05) is 16.2 Å². The molecular formula is C23H32F2IN5S. The first-order valence-corrected chi connectivity index (χ1v) is 11.9. The van der Waals surface area contributed by atoms with Crippen molar-refractivity contribution in [2.45, 2.75) is 31.8 Å². The number of guanidine groups is 1. The van der Waals surface area contributed by atoms with E-state index in [1.165, 1.54) is 29.9 Å². The van der Waals surface area contributed by atoms with Gasteiger partial charge in [-0.05, 0) is 61.8 Å². The van der Waals surface area contributed by atoms with Gasteiger partial charge >= 0.3 is 0 Å². The topological polar surface area (TPSA) is 42.9 Å². The van der Waals surface area contributed by atoms with Gasteiger partial charge in [0.05, 0.1) is 5.69 Å². The number of thiophene rings is 1. The molecule has 2 aliphatic rings. The third kappa shape index (κ3) is 6.77. The molecule has 0 spiro atoms. The van der Waals surface area contributed by atoms with Crippen molar-refractivity contribution in [1.82, 2.24) is 15.5 Å². The van der Waals surface area contributed by atoms with Crippen LogP contribution in [0.4, 0.5) is 14.5 Å². The molecule has 176 valence electrons. The molecule has 1 unspecified atom stereocenters. The fourth-order valence-electron chi connectivity index (χ4n) is 4.44. The van der Waals surface area contributed by atoms with E-state index in [1.54, 1.807) is 7.05 Å². The van der Waals surface area contributed by atoms with Crippen LogP contribution < -0.4 is 15.5 Å². The first-order valence-electron chi connectivity index (χ1n) is 11.0. The Morgan fingerprint density at radius 1 is 1.16 bits per heavy atom. The first kappa shape index (κ1) is 25.2. The normalized spacial score (nSPS) is 20.3. The van der Waals surface area contributed by atoms with Crippen LogP contribution in [0.1, 0.15) is 24.1 Å². The van der Waals surface area contributed by atoms with Crippen molar-refractivity contribution < 1.29 is 8.78 Å². The second kappa shape index (κ2) is 12.1. The van der Waals surface area contributed by atoms with E-state index in [-0.39, 0.29) is 30.0 Å². The molecule has 1 aromatic heterocycles. The van der Waals surface area contributed by atoms with Crippen LogP contribution in [0.5, 0.6) is 0 Å². The summed E-state index contributed by atoms with van der Waals surface area (Å²) in [5.74, 6) is 0.393. The maximum atomic E-state index is 14.1. The molecule has 3 heterocycles. The van der Waals surface area contributed by atoms with Gasteiger partial charge in [0.1, 0.15) is 11.6 Å². The minimum absolute atomic E-state index is 0. The number of hydrogen-bond acceptors (Lipinski definition) is 4. The third-order valence-electron chi connectivity index (χ3n) is 6.23. The molecule has 2 N–H and O–H groups in total. The molecule has 2 saturated heterocycles. The SMILES string of the molecule is CN=C(NCC1CCN(Cc2cccs2)CC1)NC1CCN(c2ccc(F)cc2F)C1.I. The molecule has 1 aromatic carbocycles. The number of piperidine rings is 1. The number of rotatable bonds is 6. The molecule has 32 heavy (non-hydrogen) atoms. The van der Waals surface area contributed by atoms with Crippen molar-refractivity contribution in [2.75, 3.05) is 44.7 Å². The van der Waals surface area contributed by atoms with Gasteiger partial charge in [0.25, 0.3) is 0 Å². The smallest absolute Gasteiger partial charge is 0.191 e. The van der Waals surface area contributed by atoms with Crippen LogP contribution >= 0.6 is 35.3 Å². The van der Waals surface area contributed by atoms with Gasteiger partial charge in [-0.25, -0.2) is 8.78 Å². The highest BCUT2D eigenvalue weighted by Crippen LogP contribution is 2.24. The van der Waals surface area contributed by atoms with Crippen LogP contribution in [-0.2, 0) is 6.54 Å². The highest BCUT2D eigenvalue weighted by molar-refractivity contribution is 14.0. The van der Waals surface area contributed by atoms with Gasteiger partial charge in [0.15, 0.2) is 5.96 Å². The largest absolute Gasteiger partial charge is 0.367 e. The van der Waals surface area contributed by atoms with E-state index >= 15 is 0 Å². The summed E-state index contributed by atoms with van der Waals surface area (Å²) < 4.78 is 27.3. The van der Waals surface area contributed by atoms with Crippen LogP contribution in [0.25, 0.3) is 0 Å². The molecule has 2 aliphatic heterocycles. The summed E-state index contributed by atoms with van der Waals surface area (Å²) >= 11 is 1.83. The van der Waals surface area contributed by atoms with Crippen LogP contribution in [0.3, 0.4) is 0 Å². The van der Waals surface area contributed by atoms with E-state index in [9.17, 15) is 8.78 Å². The van der Waals surface area contributed by atoms with Gasteiger partial charge in [-0.3, -0.25) is 9.89 Å². The van der Waals surface area contributed by atoms with Crippen LogP contribution in [0.15, 0.2) is 40.7 Å². The second-order valence-electron chi connectivity index (χ2n) is 8.42. The number of nitrogens with zero attached hydrogens (tertiary/aromatic N) is 3. The Labute approximate surface area is 210 Å². The Balaban J connectivity index is 0.00000289. The minimum atomic E-state index is -0.544. The summed E-state index contributed by atoms with van der Waals surface area (Å²) in [4.78, 5) is 10.3. The lowest BCUT2D eigenvalue weighted by molar-refractivity contribution is 0.179. The molecule has 0 saturated carbocycles. The standard InChI is InChI=1S/C23H31F2N5S.HI/c1-26-23(27-14-17-6-9-29(10-7-17)16-20-3-2-12-31-20)28-19-8-11-30(15-19)22-5-4-18(24)13-21(22)25;/h2-5,12-13,17,19H,6-11,14-16H2,1H3,(H2,26,27,28);1H. The summed E-state index contributed by atoms with van der Waals surface area (Å²) in [7, 11) is 1.78. The molecule has 4 rings (SSSR count). The van der Waals surface area contributed by atoms with Gasteiger partial charge in [0, 0.05) is 50.2 Å². The van der Waals surface area contributed by atoms with Gasteiger partial charge in [-0.2, -0.15) is 0 Å². The van der Waals surface area contributed by atoms with Crippen molar-refractivity contribution in [2.24, 2.45) is 10.9 Å². The Kier molecular flexibility index (Phi) is 9.54. The Hall–Kier alpha value is -1.46. The van der Waals surface area contributed by atoms with Crippen molar-refractivity contribution in [1.29, 1.82) is 0 Å². The lowest BCUT2D eigenvalue weighted by atomic mass is 9.97. The summed E-state index contributed by atoms with van der Waals surface area (Å²) in [6.07, 6.45) is 3.27. The van der Waals surface area contributed by atoms with E-state index in [4.69, 9.17) is 0 Å². The predicted molar refractivity (Wildman–Crippen MR) is 139 cm³/mol. The maximum Gasteiger partial charge on any atom is 0.191 e. The number of nitrogens with one attached hydrogen (secondary N) is 2. The second-order valence-corrected chi connectivity index (χ2v) is 9.46. The summed E-state index contributed by atoms with van der Waals surface area (Å²) in [5, 5.41) is 9.09. The monoisotopic (exact) mass is 575 g/mol. The molecule has 0 amide bonds. The molecule has 0 aliphatic carbocycles. The highest BCUT2D eigenvalue weighted by Gasteiger charge is 2.26. The zero-order chi connectivity index (χ0) is 21.6. The average molecular weight is 576 g/mol. The van der Waals surface area contributed by atoms with Gasteiger partial charge in [0.2, 0.25) is 0 Å². The molecule has 9 heteroatoms. The molecule has 0 radical (unpaired) electrons. The van der Waals surface area contributed by atoms with Crippen molar-refractivity contribution >= 4 is 47.0 Å². The van der Waals surface area contributed by atoms with Crippen LogP contribution in [-0.4, -0.2) is 56.7 Å². The van der Waals surface area contributed by atoms with Gasteiger partial charge < -0.3 is 15.5 Å². The molecule has 1 atom stereocenters. The van der Waals surface area contributed by atoms with Crippen LogP contribution in [0.2, 0.25) is 0 Å². The number of benzene rings is 1. The van der Waals surface area contributed by atoms with Crippen molar-refractivity contribution in [3.05, 3.63) is 52.2 Å². The summed E-state index contributed by atoms with van der Waals surface area (Å²) in [5.41, 5.74) is 0.461. The molecule has 5 nitrogen and oxygen atoms in total. The Bertz CT molecular complexity index is 871. The highest BCUT2D eigenvalue weighted by atomic mass is 127. The van der Waals surface area contributed by atoms with Crippen LogP contribution in [0, 0.1) is 17.6 Å². The molecule has 2 fully saturated rings. The summed E-state index contributed by atoms with van der Waals surface area (Å²) in [6.45, 7) is 5.65. The number of halogens is 3. The Morgan fingerprint density at radius 3 is 2.66 bits per heavy atom. The van der Waals surface area contributed by atoms with E-state index in [0.29, 0.717) is 18.2 Å². The lowest BCUT2D eigenvalue weighted by Gasteiger charge is -2.32. The zero-order valence-corrected chi connectivity index (χ0v) is 21.5. The molecule has 0 bridgehead atoms. The molecule has 2 aromatic rings. The van der Waals surface area contributed by atoms with E-state index < -0.39 is 11.6 Å². The fraction of sp³-hybridized carbons (Fsp3) is 0.522. The predicted octanol–water partition coefficient (Wildman–Crippen LogP) is 4.30. The van der Waals surface area contributed by atoms with E-state index in [2.05, 4.69) is 38.0 Å². The number of aliphatic imine (C=N–C) groups is 1. The van der Waals surface area contributed by atoms with Gasteiger partial charge in [-0.1, -0.05) is 6.07 Å². The van der Waals surface area contributed by atoms with E-state index in [0.717, 1.165) is 51.2 Å². The number of likely N-dealkylation sites (tertiary alicyclic amines) is 1. The third-order valence-corrected chi connectivity index (χ3v) is 7.09. The number of anilines is 1. The number of hydrogen-bond donors (Lipinski definition) is 2. The van der Waals surface area contributed by atoms with Crippen molar-refractivity contribution in [3.8, 4) is 0 Å². The van der Waals surface area contributed by atoms with Crippen molar-refractivity contribution in [3.63, 3.8) is 0 Å². The quantitative estimate of drug-likeness (QED) is 0.307. The van der Waals surface area contributed by atoms with Gasteiger partial charge in [-0.15, -0.1) is 35.3 Å². The fourth-order valence-corrected chi connectivity index (χ4v) is 5.18. The zero-order valence-electron chi connectivity index (χ0n) is 18.4. The average Bonchev–Trinajstić information content (AvgIpc) is 3.44. The minimum Gasteiger partial charge on any atom is -0.367 e. The Morgan fingerprint density at radius 2 is 1.97 bits per heavy atom. The maximum absolute atomic E-state index is 14.1.